The number of amides is 3. The number of nitrogens with two attached hydrogens (primary N) is 1. The lowest BCUT2D eigenvalue weighted by atomic mass is 10.3. The molecule has 1 aliphatic rings. The third-order valence-corrected chi connectivity index (χ3v) is 1.44. The molecular formula is C5H9N3O2. The molecule has 1 unspecified atom stereocenters. The van der Waals surface area contributed by atoms with Gasteiger partial charge in [-0.25, -0.2) is 4.79 Å². The first-order valence-corrected chi connectivity index (χ1v) is 2.92. The van der Waals surface area contributed by atoms with Crippen molar-refractivity contribution < 1.29 is 9.59 Å². The van der Waals surface area contributed by atoms with Crippen molar-refractivity contribution in [2.75, 3.05) is 13.6 Å². The van der Waals surface area contributed by atoms with Gasteiger partial charge in [0.15, 0.2) is 0 Å². The number of carbonyl (C=O) groups excluding carboxylic acids is 2. The molecule has 0 aliphatic carbocycles. The quantitative estimate of drug-likeness (QED) is 0.468. The van der Waals surface area contributed by atoms with Crippen molar-refractivity contribution in [1.29, 1.82) is 0 Å². The monoisotopic (exact) mass is 143 g/mol. The molecule has 0 aromatic carbocycles. The van der Waals surface area contributed by atoms with Gasteiger partial charge in [0.1, 0.15) is 6.04 Å². The number of likely N-dealkylation sites (N-methyl/N-ethyl adjacent to an activating group) is 1. The molecule has 3 N–H and O–H groups in total. The molecule has 0 bridgehead atoms. The molecule has 0 aromatic rings. The molecule has 1 atom stereocenters. The molecule has 5 heteroatoms. The Balaban J connectivity index is 2.57. The van der Waals surface area contributed by atoms with E-state index in [1.165, 1.54) is 4.90 Å². The first kappa shape index (κ1) is 6.85. The lowest BCUT2D eigenvalue weighted by molar-refractivity contribution is -0.119. The van der Waals surface area contributed by atoms with Crippen LogP contribution in [0.5, 0.6) is 0 Å². The van der Waals surface area contributed by atoms with E-state index >= 15 is 0 Å². The van der Waals surface area contributed by atoms with Crippen LogP contribution in [0.3, 0.4) is 0 Å². The SMILES string of the molecule is CN1CC(C(N)=O)NC1=O. The van der Waals surface area contributed by atoms with Crippen molar-refractivity contribution in [3.63, 3.8) is 0 Å². The zero-order chi connectivity index (χ0) is 7.72. The normalized spacial score (nSPS) is 24.7. The molecule has 1 aliphatic heterocycles. The zero-order valence-corrected chi connectivity index (χ0v) is 5.63. The zero-order valence-electron chi connectivity index (χ0n) is 5.63. The minimum atomic E-state index is -0.516. The highest BCUT2D eigenvalue weighted by Gasteiger charge is 2.29. The van der Waals surface area contributed by atoms with Gasteiger partial charge in [0, 0.05) is 7.05 Å². The fourth-order valence-corrected chi connectivity index (χ4v) is 0.823. The number of urea groups is 1. The summed E-state index contributed by atoms with van der Waals surface area (Å²) in [5.74, 6) is -0.488. The van der Waals surface area contributed by atoms with E-state index in [9.17, 15) is 9.59 Å². The highest BCUT2D eigenvalue weighted by atomic mass is 16.2. The van der Waals surface area contributed by atoms with E-state index in [-0.39, 0.29) is 6.03 Å². The van der Waals surface area contributed by atoms with Crippen LogP contribution < -0.4 is 11.1 Å². The smallest absolute Gasteiger partial charge is 0.317 e. The Labute approximate surface area is 58.2 Å². The third kappa shape index (κ3) is 1.02. The second kappa shape index (κ2) is 2.17. The summed E-state index contributed by atoms with van der Waals surface area (Å²) in [7, 11) is 1.61. The molecular weight excluding hydrogens is 134 g/mol. The number of rotatable bonds is 1. The van der Waals surface area contributed by atoms with Crippen LogP contribution in [-0.2, 0) is 4.79 Å². The first-order chi connectivity index (χ1) is 4.61. The lowest BCUT2D eigenvalue weighted by Gasteiger charge is -2.03. The molecule has 1 heterocycles. The minimum Gasteiger partial charge on any atom is -0.368 e. The Morgan fingerprint density at radius 1 is 1.90 bits per heavy atom. The maximum Gasteiger partial charge on any atom is 0.317 e. The molecule has 3 amide bonds. The van der Waals surface area contributed by atoms with Gasteiger partial charge in [0.05, 0.1) is 6.54 Å². The molecule has 1 rings (SSSR count). The van der Waals surface area contributed by atoms with E-state index in [4.69, 9.17) is 5.73 Å². The van der Waals surface area contributed by atoms with Crippen molar-refractivity contribution in [3.05, 3.63) is 0 Å². The summed E-state index contributed by atoms with van der Waals surface area (Å²) >= 11 is 0. The molecule has 10 heavy (non-hydrogen) atoms. The topological polar surface area (TPSA) is 75.4 Å². The van der Waals surface area contributed by atoms with E-state index in [1.807, 2.05) is 0 Å². The maximum atomic E-state index is 10.7. The number of nitrogens with one attached hydrogen (secondary N) is 1. The Morgan fingerprint density at radius 3 is 2.70 bits per heavy atom. The third-order valence-electron chi connectivity index (χ3n) is 1.44. The van der Waals surface area contributed by atoms with Gasteiger partial charge in [-0.3, -0.25) is 4.79 Å². The second-order valence-electron chi connectivity index (χ2n) is 2.28. The van der Waals surface area contributed by atoms with E-state index < -0.39 is 11.9 Å². The molecule has 0 aromatic heterocycles. The fraction of sp³-hybridized carbons (Fsp3) is 0.600. The van der Waals surface area contributed by atoms with E-state index in [0.717, 1.165) is 0 Å². The summed E-state index contributed by atoms with van der Waals surface area (Å²) in [6.07, 6.45) is 0. The molecule has 0 spiro atoms. The highest BCUT2D eigenvalue weighted by molar-refractivity contribution is 5.89. The molecule has 0 saturated carbocycles. The average molecular weight is 143 g/mol. The largest absolute Gasteiger partial charge is 0.368 e. The predicted molar refractivity (Wildman–Crippen MR) is 34.1 cm³/mol. The van der Waals surface area contributed by atoms with Gasteiger partial charge < -0.3 is 16.0 Å². The minimum absolute atomic E-state index is 0.246. The van der Waals surface area contributed by atoms with Crippen molar-refractivity contribution in [1.82, 2.24) is 10.2 Å². The summed E-state index contributed by atoms with van der Waals surface area (Å²) in [6.45, 7) is 0.369. The van der Waals surface area contributed by atoms with Crippen LogP contribution in [0.2, 0.25) is 0 Å². The summed E-state index contributed by atoms with van der Waals surface area (Å²) < 4.78 is 0. The van der Waals surface area contributed by atoms with Crippen LogP contribution in [0.15, 0.2) is 0 Å². The van der Waals surface area contributed by atoms with Crippen LogP contribution >= 0.6 is 0 Å². The van der Waals surface area contributed by atoms with Gasteiger partial charge in [-0.1, -0.05) is 0 Å². The Bertz CT molecular complexity index is 180. The molecule has 1 fully saturated rings. The summed E-state index contributed by atoms with van der Waals surface area (Å²) in [6, 6.07) is -0.763. The predicted octanol–water partition coefficient (Wildman–Crippen LogP) is -1.50. The number of carbonyl (C=O) groups is 2. The van der Waals surface area contributed by atoms with Gasteiger partial charge in [0.2, 0.25) is 5.91 Å². The van der Waals surface area contributed by atoms with E-state index in [1.54, 1.807) is 7.05 Å². The highest BCUT2D eigenvalue weighted by Crippen LogP contribution is 1.98. The number of primary amides is 1. The number of nitrogens with zero attached hydrogens (tertiary/aromatic N) is 1. The Hall–Kier alpha value is -1.26. The van der Waals surface area contributed by atoms with Crippen LogP contribution in [0.25, 0.3) is 0 Å². The average Bonchev–Trinajstić information content (AvgIpc) is 2.13. The van der Waals surface area contributed by atoms with E-state index in [0.29, 0.717) is 6.54 Å². The number of hydrogen-bond donors (Lipinski definition) is 2. The first-order valence-electron chi connectivity index (χ1n) is 2.92. The van der Waals surface area contributed by atoms with Crippen molar-refractivity contribution >= 4 is 11.9 Å². The van der Waals surface area contributed by atoms with Crippen molar-refractivity contribution in [3.8, 4) is 0 Å². The summed E-state index contributed by atoms with van der Waals surface area (Å²) in [5.41, 5.74) is 4.94. The second-order valence-corrected chi connectivity index (χ2v) is 2.28. The summed E-state index contributed by atoms with van der Waals surface area (Å²) in [5, 5.41) is 2.42. The van der Waals surface area contributed by atoms with Gasteiger partial charge in [0.25, 0.3) is 0 Å². The van der Waals surface area contributed by atoms with Crippen molar-refractivity contribution in [2.24, 2.45) is 5.73 Å². The van der Waals surface area contributed by atoms with Crippen LogP contribution in [-0.4, -0.2) is 36.5 Å². The van der Waals surface area contributed by atoms with Crippen molar-refractivity contribution in [2.45, 2.75) is 6.04 Å². The van der Waals surface area contributed by atoms with Crippen LogP contribution in [0.1, 0.15) is 0 Å². The van der Waals surface area contributed by atoms with Crippen LogP contribution in [0, 0.1) is 0 Å². The summed E-state index contributed by atoms with van der Waals surface area (Å²) in [4.78, 5) is 22.6. The van der Waals surface area contributed by atoms with Gasteiger partial charge in [-0.05, 0) is 0 Å². The van der Waals surface area contributed by atoms with Gasteiger partial charge in [-0.2, -0.15) is 0 Å². The maximum absolute atomic E-state index is 10.7. The molecule has 0 radical (unpaired) electrons. The molecule has 1 saturated heterocycles. The number of hydrogen-bond acceptors (Lipinski definition) is 2. The fourth-order valence-electron chi connectivity index (χ4n) is 0.823. The lowest BCUT2D eigenvalue weighted by Crippen LogP contribution is -2.39. The van der Waals surface area contributed by atoms with Gasteiger partial charge in [-0.15, -0.1) is 0 Å². The molecule has 5 nitrogen and oxygen atoms in total. The standard InChI is InChI=1S/C5H9N3O2/c1-8-2-3(4(6)9)7-5(8)10/h3H,2H2,1H3,(H2,6,9)(H,7,10). The van der Waals surface area contributed by atoms with E-state index in [2.05, 4.69) is 5.32 Å². The molecule has 56 valence electrons. The van der Waals surface area contributed by atoms with Gasteiger partial charge >= 0.3 is 6.03 Å². The Morgan fingerprint density at radius 2 is 2.50 bits per heavy atom. The van der Waals surface area contributed by atoms with Crippen LogP contribution in [0.4, 0.5) is 4.79 Å². The Kier molecular flexibility index (Phi) is 1.48.